The third kappa shape index (κ3) is 5.25. The molecule has 1 N–H and O–H groups in total. The van der Waals surface area contributed by atoms with Crippen molar-refractivity contribution < 1.29 is 9.59 Å². The molecule has 1 unspecified atom stereocenters. The van der Waals surface area contributed by atoms with E-state index in [1.165, 1.54) is 5.56 Å². The molecule has 1 saturated heterocycles. The molecule has 1 aliphatic rings. The van der Waals surface area contributed by atoms with E-state index in [1.807, 2.05) is 65.6 Å². The largest absolute Gasteiger partial charge is 0.345 e. The van der Waals surface area contributed by atoms with E-state index in [9.17, 15) is 9.59 Å². The van der Waals surface area contributed by atoms with Crippen LogP contribution in [0.4, 0.5) is 0 Å². The summed E-state index contributed by atoms with van der Waals surface area (Å²) in [6, 6.07) is 28.1. The summed E-state index contributed by atoms with van der Waals surface area (Å²) in [5.41, 5.74) is 4.48. The normalized spacial score (nSPS) is 15.9. The van der Waals surface area contributed by atoms with Crippen LogP contribution in [0.25, 0.3) is 0 Å². The van der Waals surface area contributed by atoms with Crippen LogP contribution in [0.3, 0.4) is 0 Å². The second-order valence-corrected chi connectivity index (χ2v) is 8.41. The van der Waals surface area contributed by atoms with Gasteiger partial charge in [-0.1, -0.05) is 91.9 Å². The van der Waals surface area contributed by atoms with Crippen LogP contribution in [0.2, 0.25) is 0 Å². The standard InChI is InChI=1S/C28H30N2O2/c1-2-21-13-15-22(16-14-21)20-30-25(17-18-27(30)32)19-26(31)29-28(23-9-5-3-6-10-23)24-11-7-4-8-12-24/h3-16,25,28H,2,17-20H2,1H3,(H,29,31). The summed E-state index contributed by atoms with van der Waals surface area (Å²) < 4.78 is 0. The number of nitrogens with zero attached hydrogens (tertiary/aromatic N) is 1. The minimum Gasteiger partial charge on any atom is -0.345 e. The molecule has 1 fully saturated rings. The van der Waals surface area contributed by atoms with Crippen molar-refractivity contribution in [3.63, 3.8) is 0 Å². The smallest absolute Gasteiger partial charge is 0.223 e. The number of hydrogen-bond donors (Lipinski definition) is 1. The Labute approximate surface area is 190 Å². The molecule has 1 aliphatic heterocycles. The molecule has 0 aromatic heterocycles. The van der Waals surface area contributed by atoms with Gasteiger partial charge in [0.15, 0.2) is 0 Å². The van der Waals surface area contributed by atoms with Crippen LogP contribution in [-0.4, -0.2) is 22.8 Å². The van der Waals surface area contributed by atoms with E-state index in [-0.39, 0.29) is 23.9 Å². The second kappa shape index (κ2) is 10.3. The molecule has 4 nitrogen and oxygen atoms in total. The fourth-order valence-corrected chi connectivity index (χ4v) is 4.38. The topological polar surface area (TPSA) is 49.4 Å². The Hall–Kier alpha value is -3.40. The van der Waals surface area contributed by atoms with Crippen LogP contribution in [0, 0.1) is 0 Å². The van der Waals surface area contributed by atoms with Crippen LogP contribution in [-0.2, 0) is 22.6 Å². The lowest BCUT2D eigenvalue weighted by molar-refractivity contribution is -0.130. The van der Waals surface area contributed by atoms with E-state index in [0.29, 0.717) is 19.4 Å². The number of amides is 2. The van der Waals surface area contributed by atoms with Gasteiger partial charge in [0, 0.05) is 25.4 Å². The van der Waals surface area contributed by atoms with Crippen molar-refractivity contribution in [3.05, 3.63) is 107 Å². The van der Waals surface area contributed by atoms with Gasteiger partial charge in [0.25, 0.3) is 0 Å². The molecule has 3 aromatic rings. The average Bonchev–Trinajstić information content (AvgIpc) is 3.17. The van der Waals surface area contributed by atoms with Crippen LogP contribution < -0.4 is 5.32 Å². The van der Waals surface area contributed by atoms with Crippen LogP contribution >= 0.6 is 0 Å². The Bertz CT molecular complexity index is 993. The molecule has 164 valence electrons. The zero-order chi connectivity index (χ0) is 22.3. The lowest BCUT2D eigenvalue weighted by Gasteiger charge is -2.26. The van der Waals surface area contributed by atoms with Crippen molar-refractivity contribution in [1.82, 2.24) is 10.2 Å². The predicted octanol–water partition coefficient (Wildman–Crippen LogP) is 5.04. The first-order valence-corrected chi connectivity index (χ1v) is 11.4. The van der Waals surface area contributed by atoms with E-state index in [2.05, 4.69) is 36.5 Å². The van der Waals surface area contributed by atoms with Crippen LogP contribution in [0.15, 0.2) is 84.9 Å². The van der Waals surface area contributed by atoms with Gasteiger partial charge in [-0.3, -0.25) is 9.59 Å². The summed E-state index contributed by atoms with van der Waals surface area (Å²) in [6.45, 7) is 2.69. The summed E-state index contributed by atoms with van der Waals surface area (Å²) in [6.07, 6.45) is 2.54. The Balaban J connectivity index is 1.45. The molecule has 0 saturated carbocycles. The van der Waals surface area contributed by atoms with Gasteiger partial charge in [0.2, 0.25) is 11.8 Å². The molecule has 4 rings (SSSR count). The van der Waals surface area contributed by atoms with E-state index in [4.69, 9.17) is 0 Å². The van der Waals surface area contributed by atoms with Gasteiger partial charge in [0.05, 0.1) is 6.04 Å². The second-order valence-electron chi connectivity index (χ2n) is 8.41. The summed E-state index contributed by atoms with van der Waals surface area (Å²) in [5.74, 6) is 0.0961. The number of hydrogen-bond acceptors (Lipinski definition) is 2. The zero-order valence-corrected chi connectivity index (χ0v) is 18.5. The zero-order valence-electron chi connectivity index (χ0n) is 18.5. The van der Waals surface area contributed by atoms with Crippen molar-refractivity contribution in [2.24, 2.45) is 0 Å². The Kier molecular flexibility index (Phi) is 7.00. The third-order valence-electron chi connectivity index (χ3n) is 6.23. The highest BCUT2D eigenvalue weighted by molar-refractivity contribution is 5.82. The molecule has 0 aliphatic carbocycles. The molecule has 0 bridgehead atoms. The van der Waals surface area contributed by atoms with E-state index < -0.39 is 0 Å². The fraction of sp³-hybridized carbons (Fsp3) is 0.286. The molecule has 32 heavy (non-hydrogen) atoms. The molecular formula is C28H30N2O2. The highest BCUT2D eigenvalue weighted by Crippen LogP contribution is 2.26. The maximum absolute atomic E-state index is 13.1. The molecule has 1 atom stereocenters. The van der Waals surface area contributed by atoms with E-state index in [1.54, 1.807) is 0 Å². The first kappa shape index (κ1) is 21.8. The van der Waals surface area contributed by atoms with Crippen molar-refractivity contribution in [1.29, 1.82) is 0 Å². The third-order valence-corrected chi connectivity index (χ3v) is 6.23. The minimum atomic E-state index is -0.211. The van der Waals surface area contributed by atoms with Crippen molar-refractivity contribution in [2.75, 3.05) is 0 Å². The van der Waals surface area contributed by atoms with Gasteiger partial charge in [0.1, 0.15) is 0 Å². The number of carbonyl (C=O) groups is 2. The fourth-order valence-electron chi connectivity index (χ4n) is 4.38. The molecule has 0 spiro atoms. The number of rotatable bonds is 8. The quantitative estimate of drug-likeness (QED) is 0.549. The first-order chi connectivity index (χ1) is 15.6. The number of benzene rings is 3. The molecule has 3 aromatic carbocycles. The van der Waals surface area contributed by atoms with Gasteiger partial charge in [-0.05, 0) is 35.1 Å². The summed E-state index contributed by atoms with van der Waals surface area (Å²) >= 11 is 0. The molecular weight excluding hydrogens is 396 g/mol. The summed E-state index contributed by atoms with van der Waals surface area (Å²) in [5, 5.41) is 3.21. The van der Waals surface area contributed by atoms with Crippen LogP contribution in [0.1, 0.15) is 54.5 Å². The summed E-state index contributed by atoms with van der Waals surface area (Å²) in [7, 11) is 0. The Morgan fingerprint density at radius 2 is 1.47 bits per heavy atom. The van der Waals surface area contributed by atoms with Gasteiger partial charge in [-0.2, -0.15) is 0 Å². The van der Waals surface area contributed by atoms with E-state index in [0.717, 1.165) is 29.5 Å². The molecule has 0 radical (unpaired) electrons. The predicted molar refractivity (Wildman–Crippen MR) is 127 cm³/mol. The van der Waals surface area contributed by atoms with Crippen molar-refractivity contribution >= 4 is 11.8 Å². The van der Waals surface area contributed by atoms with Gasteiger partial charge >= 0.3 is 0 Å². The number of aryl methyl sites for hydroxylation is 1. The Morgan fingerprint density at radius 1 is 0.906 bits per heavy atom. The number of likely N-dealkylation sites (tertiary alicyclic amines) is 1. The Morgan fingerprint density at radius 3 is 2.03 bits per heavy atom. The lowest BCUT2D eigenvalue weighted by Crippen LogP contribution is -2.38. The number of carbonyl (C=O) groups excluding carboxylic acids is 2. The first-order valence-electron chi connectivity index (χ1n) is 11.4. The maximum atomic E-state index is 13.1. The molecule has 2 amide bonds. The molecule has 1 heterocycles. The monoisotopic (exact) mass is 426 g/mol. The summed E-state index contributed by atoms with van der Waals surface area (Å²) in [4.78, 5) is 27.5. The molecule has 4 heteroatoms. The van der Waals surface area contributed by atoms with Crippen molar-refractivity contribution in [2.45, 2.75) is 51.2 Å². The highest BCUT2D eigenvalue weighted by Gasteiger charge is 2.33. The van der Waals surface area contributed by atoms with Crippen LogP contribution in [0.5, 0.6) is 0 Å². The number of nitrogens with one attached hydrogen (secondary N) is 1. The highest BCUT2D eigenvalue weighted by atomic mass is 16.2. The SMILES string of the molecule is CCc1ccc(CN2C(=O)CCC2CC(=O)NC(c2ccccc2)c2ccccc2)cc1. The maximum Gasteiger partial charge on any atom is 0.223 e. The lowest BCUT2D eigenvalue weighted by atomic mass is 9.98. The van der Waals surface area contributed by atoms with E-state index >= 15 is 0 Å². The van der Waals surface area contributed by atoms with Gasteiger partial charge < -0.3 is 10.2 Å². The van der Waals surface area contributed by atoms with Crippen molar-refractivity contribution in [3.8, 4) is 0 Å². The average molecular weight is 427 g/mol. The van der Waals surface area contributed by atoms with Gasteiger partial charge in [-0.25, -0.2) is 0 Å². The minimum absolute atomic E-state index is 0.0336. The van der Waals surface area contributed by atoms with Gasteiger partial charge in [-0.15, -0.1) is 0 Å².